The normalized spacial score (nSPS) is 15.6. The zero-order valence-corrected chi connectivity index (χ0v) is 29.8. The summed E-state index contributed by atoms with van der Waals surface area (Å²) in [5.74, 6) is 0.161. The number of phenolic OH excluding ortho intramolecular Hbond substituents is 1. The van der Waals surface area contributed by atoms with E-state index in [0.717, 1.165) is 18.4 Å². The molecule has 5 nitrogen and oxygen atoms in total. The van der Waals surface area contributed by atoms with Gasteiger partial charge in [0.15, 0.2) is 19.7 Å². The van der Waals surface area contributed by atoms with Crippen LogP contribution in [0.3, 0.4) is 0 Å². The molecule has 0 fully saturated rings. The molecule has 1 aromatic rings. The Balaban J connectivity index is 3.90. The van der Waals surface area contributed by atoms with Crippen LogP contribution in [-0.2, 0) is 26.1 Å². The number of phenols is 1. The predicted octanol–water partition coefficient (Wildman–Crippen LogP) is 9.07. The Bertz CT molecular complexity index is 1140. The Morgan fingerprint density at radius 3 is 1.49 bits per heavy atom. The lowest BCUT2D eigenvalue weighted by atomic mass is 9.65. The molecule has 0 saturated carbocycles. The van der Waals surface area contributed by atoms with Crippen LogP contribution >= 0.6 is 0 Å². The van der Waals surface area contributed by atoms with Crippen molar-refractivity contribution in [2.24, 2.45) is 10.8 Å². The summed E-state index contributed by atoms with van der Waals surface area (Å²) in [6.45, 7) is 22.0. The second-order valence-corrected chi connectivity index (χ2v) is 18.6. The molecule has 0 bridgehead atoms. The quantitative estimate of drug-likeness (QED) is 0.168. The summed E-state index contributed by atoms with van der Waals surface area (Å²) in [6.07, 6.45) is 6.18. The fourth-order valence-corrected chi connectivity index (χ4v) is 13.2. The largest absolute Gasteiger partial charge is 0.508 e. The van der Waals surface area contributed by atoms with Gasteiger partial charge in [-0.3, -0.25) is 0 Å². The Hall–Kier alpha value is -1.08. The average molecular weight is 615 g/mol. The molecule has 0 heterocycles. The molecule has 0 aliphatic heterocycles. The molecule has 7 heteroatoms. The molecule has 0 saturated heterocycles. The van der Waals surface area contributed by atoms with Gasteiger partial charge in [0, 0.05) is 0 Å². The molecule has 0 aliphatic rings. The molecule has 0 spiro atoms. The van der Waals surface area contributed by atoms with Crippen LogP contribution in [0.25, 0.3) is 0 Å². The first-order valence-electron chi connectivity index (χ1n) is 16.2. The van der Waals surface area contributed by atoms with E-state index in [1.165, 1.54) is 0 Å². The standard InChI is InChI=1S/C34H62O5S2/c1-12-31(10,13-2)26-30(24-28-20-22-29(35)23-21-28)41(38,39)34(18-7,19-8)33(16-5,17-6)25-27(9)40(36,37)32(11,14-3)15-4/h20-23,27,30,35H,12-19,24-26H2,1-11H3. The molecule has 0 aliphatic carbocycles. The molecule has 0 radical (unpaired) electrons. The SMILES string of the molecule is CCC(C)(CC)CC(Cc1ccc(O)cc1)S(=O)(=O)C(CC)(CC)C(CC)(CC)CC(C)S(=O)(=O)C(C)(CC)CC. The van der Waals surface area contributed by atoms with E-state index in [2.05, 4.69) is 34.6 Å². The van der Waals surface area contributed by atoms with Crippen LogP contribution in [0.2, 0.25) is 0 Å². The average Bonchev–Trinajstić information content (AvgIpc) is 2.96. The third-order valence-electron chi connectivity index (χ3n) is 11.7. The lowest BCUT2D eigenvalue weighted by molar-refractivity contribution is 0.136. The van der Waals surface area contributed by atoms with E-state index in [9.17, 15) is 13.5 Å². The van der Waals surface area contributed by atoms with E-state index < -0.39 is 45.1 Å². The van der Waals surface area contributed by atoms with E-state index in [1.807, 2.05) is 46.8 Å². The number of hydrogen-bond acceptors (Lipinski definition) is 5. The highest BCUT2D eigenvalue weighted by Gasteiger charge is 2.59. The van der Waals surface area contributed by atoms with Gasteiger partial charge in [0.1, 0.15) is 5.75 Å². The fraction of sp³-hybridized carbons (Fsp3) is 0.824. The van der Waals surface area contributed by atoms with E-state index in [1.54, 1.807) is 19.1 Å². The minimum Gasteiger partial charge on any atom is -0.508 e. The summed E-state index contributed by atoms with van der Waals surface area (Å²) < 4.78 is 56.7. The van der Waals surface area contributed by atoms with Crippen LogP contribution in [0.15, 0.2) is 24.3 Å². The Labute approximate surface area is 254 Å². The van der Waals surface area contributed by atoms with Crippen molar-refractivity contribution in [1.82, 2.24) is 0 Å². The van der Waals surface area contributed by atoms with Crippen molar-refractivity contribution >= 4 is 19.7 Å². The van der Waals surface area contributed by atoms with Gasteiger partial charge in [0.25, 0.3) is 0 Å². The Morgan fingerprint density at radius 1 is 0.659 bits per heavy atom. The molecule has 1 rings (SSSR count). The maximum absolute atomic E-state index is 15.3. The second-order valence-electron chi connectivity index (χ2n) is 13.2. The van der Waals surface area contributed by atoms with E-state index in [4.69, 9.17) is 0 Å². The maximum atomic E-state index is 15.3. The summed E-state index contributed by atoms with van der Waals surface area (Å²) in [6, 6.07) is 6.89. The zero-order chi connectivity index (χ0) is 31.9. The van der Waals surface area contributed by atoms with Gasteiger partial charge in [-0.15, -0.1) is 0 Å². The molecule has 0 amide bonds. The third kappa shape index (κ3) is 7.19. The number of benzene rings is 1. The lowest BCUT2D eigenvalue weighted by Gasteiger charge is -2.52. The van der Waals surface area contributed by atoms with Gasteiger partial charge in [-0.05, 0) is 100 Å². The fourth-order valence-electron chi connectivity index (χ4n) is 7.47. The van der Waals surface area contributed by atoms with E-state index >= 15 is 8.42 Å². The Morgan fingerprint density at radius 2 is 1.12 bits per heavy atom. The van der Waals surface area contributed by atoms with Gasteiger partial charge in [0.05, 0.1) is 20.0 Å². The molecule has 1 N–H and O–H groups in total. The van der Waals surface area contributed by atoms with Gasteiger partial charge in [-0.25, -0.2) is 16.8 Å². The summed E-state index contributed by atoms with van der Waals surface area (Å²) >= 11 is 0. The number of aromatic hydroxyl groups is 1. The van der Waals surface area contributed by atoms with Crippen molar-refractivity contribution in [3.63, 3.8) is 0 Å². The summed E-state index contributed by atoms with van der Waals surface area (Å²) in [7, 11) is -7.27. The molecule has 0 aromatic heterocycles. The first-order chi connectivity index (χ1) is 18.9. The van der Waals surface area contributed by atoms with Crippen molar-refractivity contribution in [1.29, 1.82) is 0 Å². The number of sulfone groups is 2. The second kappa shape index (κ2) is 14.6. The third-order valence-corrected chi connectivity index (χ3v) is 18.2. The zero-order valence-electron chi connectivity index (χ0n) is 28.1. The molecule has 41 heavy (non-hydrogen) atoms. The van der Waals surface area contributed by atoms with Gasteiger partial charge < -0.3 is 5.11 Å². The molecular weight excluding hydrogens is 553 g/mol. The van der Waals surface area contributed by atoms with Gasteiger partial charge in [-0.2, -0.15) is 0 Å². The first-order valence-corrected chi connectivity index (χ1v) is 19.3. The molecular formula is C34H62O5S2. The summed E-state index contributed by atoms with van der Waals surface area (Å²) in [5.41, 5.74) is 0.0684. The molecule has 2 atom stereocenters. The van der Waals surface area contributed by atoms with Crippen LogP contribution < -0.4 is 0 Å². The highest BCUT2D eigenvalue weighted by Crippen LogP contribution is 2.55. The van der Waals surface area contributed by atoms with Crippen molar-refractivity contribution < 1.29 is 21.9 Å². The van der Waals surface area contributed by atoms with Crippen molar-refractivity contribution in [3.8, 4) is 5.75 Å². The van der Waals surface area contributed by atoms with Crippen molar-refractivity contribution in [3.05, 3.63) is 29.8 Å². The van der Waals surface area contributed by atoms with Crippen LogP contribution in [0, 0.1) is 10.8 Å². The number of rotatable bonds is 19. The lowest BCUT2D eigenvalue weighted by Crippen LogP contribution is -2.58. The first kappa shape index (κ1) is 37.9. The monoisotopic (exact) mass is 614 g/mol. The van der Waals surface area contributed by atoms with E-state index in [0.29, 0.717) is 57.8 Å². The van der Waals surface area contributed by atoms with Gasteiger partial charge in [-0.1, -0.05) is 87.3 Å². The maximum Gasteiger partial charge on any atom is 0.159 e. The summed E-state index contributed by atoms with van der Waals surface area (Å²) in [5, 5.41) is 8.60. The van der Waals surface area contributed by atoms with Crippen LogP contribution in [0.1, 0.15) is 146 Å². The molecule has 2 unspecified atom stereocenters. The Kier molecular flexibility index (Phi) is 13.5. The van der Waals surface area contributed by atoms with Crippen molar-refractivity contribution in [2.45, 2.75) is 167 Å². The predicted molar refractivity (Wildman–Crippen MR) is 176 cm³/mol. The van der Waals surface area contributed by atoms with E-state index in [-0.39, 0.29) is 11.2 Å². The van der Waals surface area contributed by atoms with Gasteiger partial charge in [0.2, 0.25) is 0 Å². The van der Waals surface area contributed by atoms with Crippen molar-refractivity contribution in [2.75, 3.05) is 0 Å². The smallest absolute Gasteiger partial charge is 0.159 e. The highest BCUT2D eigenvalue weighted by atomic mass is 32.2. The topological polar surface area (TPSA) is 88.5 Å². The molecule has 1 aromatic carbocycles. The molecule has 240 valence electrons. The minimum atomic E-state index is -3.76. The van der Waals surface area contributed by atoms with Crippen LogP contribution in [0.5, 0.6) is 5.75 Å². The minimum absolute atomic E-state index is 0.135. The highest BCUT2D eigenvalue weighted by molar-refractivity contribution is 7.93. The number of hydrogen-bond donors (Lipinski definition) is 1. The summed E-state index contributed by atoms with van der Waals surface area (Å²) in [4.78, 5) is 0. The van der Waals surface area contributed by atoms with Crippen LogP contribution in [-0.4, -0.2) is 41.9 Å². The van der Waals surface area contributed by atoms with Gasteiger partial charge >= 0.3 is 0 Å². The van der Waals surface area contributed by atoms with Crippen LogP contribution in [0.4, 0.5) is 0 Å².